The summed E-state index contributed by atoms with van der Waals surface area (Å²) >= 11 is 5.78. The summed E-state index contributed by atoms with van der Waals surface area (Å²) in [5, 5.41) is 11.0. The lowest BCUT2D eigenvalue weighted by Gasteiger charge is -2.01. The maximum absolute atomic E-state index is 10.9. The Morgan fingerprint density at radius 2 is 2.29 bits per heavy atom. The van der Waals surface area contributed by atoms with Crippen molar-refractivity contribution < 1.29 is 4.92 Å². The zero-order chi connectivity index (χ0) is 12.4. The molecule has 0 aliphatic heterocycles. The van der Waals surface area contributed by atoms with E-state index in [-0.39, 0.29) is 11.0 Å². The zero-order valence-electron chi connectivity index (χ0n) is 9.36. The molecule has 0 unspecified atom stereocenters. The zero-order valence-corrected chi connectivity index (χ0v) is 10.1. The molecule has 0 aliphatic carbocycles. The highest BCUT2D eigenvalue weighted by atomic mass is 35.5. The van der Waals surface area contributed by atoms with Crippen LogP contribution in [0.5, 0.6) is 0 Å². The maximum Gasteiger partial charge on any atom is 0.297 e. The predicted octanol–water partition coefficient (Wildman–Crippen LogP) is 3.47. The van der Waals surface area contributed by atoms with E-state index in [0.29, 0.717) is 11.0 Å². The van der Waals surface area contributed by atoms with Crippen LogP contribution in [-0.2, 0) is 6.42 Å². The summed E-state index contributed by atoms with van der Waals surface area (Å²) in [4.78, 5) is 17.3. The molecule has 6 heteroatoms. The number of benzene rings is 1. The number of rotatable bonds is 4. The molecule has 0 amide bonds. The number of aromatic nitrogens is 2. The summed E-state index contributed by atoms with van der Waals surface area (Å²) in [5.74, 6) is 0. The largest absolute Gasteiger partial charge is 0.328 e. The molecule has 0 aliphatic rings. The number of non-ortho nitro benzene ring substituents is 1. The Balaban J connectivity index is 2.57. The van der Waals surface area contributed by atoms with Gasteiger partial charge < -0.3 is 4.98 Å². The van der Waals surface area contributed by atoms with E-state index in [2.05, 4.69) is 16.9 Å². The average molecular weight is 254 g/mol. The molecule has 0 bridgehead atoms. The van der Waals surface area contributed by atoms with Crippen molar-refractivity contribution in [3.63, 3.8) is 0 Å². The number of hydrogen-bond acceptors (Lipinski definition) is 3. The Labute approximate surface area is 103 Å². The summed E-state index contributed by atoms with van der Waals surface area (Å²) < 4.78 is 0. The number of H-pyrrole nitrogens is 1. The molecule has 17 heavy (non-hydrogen) atoms. The molecule has 0 saturated heterocycles. The molecule has 2 rings (SSSR count). The molecule has 1 N–H and O–H groups in total. The molecule has 0 spiro atoms. The lowest BCUT2D eigenvalue weighted by atomic mass is 10.1. The minimum atomic E-state index is -0.441. The highest BCUT2D eigenvalue weighted by Crippen LogP contribution is 2.28. The number of nitro benzene ring substituents is 1. The number of halogens is 1. The van der Waals surface area contributed by atoms with Gasteiger partial charge in [-0.25, -0.2) is 4.98 Å². The van der Waals surface area contributed by atoms with Crippen molar-refractivity contribution in [3.8, 4) is 0 Å². The van der Waals surface area contributed by atoms with Gasteiger partial charge in [0.2, 0.25) is 5.28 Å². The number of fused-ring (bicyclic) bond motifs is 1. The van der Waals surface area contributed by atoms with E-state index in [0.717, 1.165) is 24.8 Å². The van der Waals surface area contributed by atoms with Crippen LogP contribution in [0.4, 0.5) is 5.69 Å². The lowest BCUT2D eigenvalue weighted by molar-refractivity contribution is -0.383. The van der Waals surface area contributed by atoms with E-state index in [9.17, 15) is 10.1 Å². The highest BCUT2D eigenvalue weighted by molar-refractivity contribution is 6.29. The van der Waals surface area contributed by atoms with E-state index >= 15 is 0 Å². The van der Waals surface area contributed by atoms with Gasteiger partial charge in [0.1, 0.15) is 0 Å². The summed E-state index contributed by atoms with van der Waals surface area (Å²) in [7, 11) is 0. The second-order valence-corrected chi connectivity index (χ2v) is 4.21. The number of hydrogen-bond donors (Lipinski definition) is 1. The Morgan fingerprint density at radius 3 is 2.94 bits per heavy atom. The van der Waals surface area contributed by atoms with Crippen molar-refractivity contribution in [3.05, 3.63) is 33.1 Å². The third-order valence-corrected chi connectivity index (χ3v) is 2.86. The number of aromatic amines is 1. The van der Waals surface area contributed by atoms with Gasteiger partial charge in [0.05, 0.1) is 10.4 Å². The number of nitro groups is 1. The van der Waals surface area contributed by atoms with Gasteiger partial charge in [-0.2, -0.15) is 0 Å². The van der Waals surface area contributed by atoms with E-state index in [4.69, 9.17) is 11.6 Å². The minimum absolute atomic E-state index is 0.0107. The molecule has 2 aromatic rings. The smallest absolute Gasteiger partial charge is 0.297 e. The number of imidazole rings is 1. The number of nitrogens with one attached hydrogen (secondary N) is 1. The first-order valence-corrected chi connectivity index (χ1v) is 5.82. The van der Waals surface area contributed by atoms with Crippen LogP contribution in [0.15, 0.2) is 12.1 Å². The second-order valence-electron chi connectivity index (χ2n) is 3.86. The molecule has 90 valence electrons. The summed E-state index contributed by atoms with van der Waals surface area (Å²) in [6.45, 7) is 2.10. The van der Waals surface area contributed by atoms with Gasteiger partial charge >= 0.3 is 0 Å². The Kier molecular flexibility index (Phi) is 3.28. The predicted molar refractivity (Wildman–Crippen MR) is 66.4 cm³/mol. The Hall–Kier alpha value is -1.62. The topological polar surface area (TPSA) is 71.8 Å². The molecule has 5 nitrogen and oxygen atoms in total. The van der Waals surface area contributed by atoms with Crippen molar-refractivity contribution in [1.82, 2.24) is 9.97 Å². The standard InChI is InChI=1S/C11H12ClN3O2/c1-2-3-4-7-5-6-8(15(16)17)10-9(7)13-11(12)14-10/h5-6H,2-4H2,1H3,(H,13,14). The van der Waals surface area contributed by atoms with Gasteiger partial charge in [-0.1, -0.05) is 13.3 Å². The lowest BCUT2D eigenvalue weighted by Crippen LogP contribution is -1.93. The van der Waals surface area contributed by atoms with Crippen molar-refractivity contribution in [2.45, 2.75) is 26.2 Å². The van der Waals surface area contributed by atoms with Crippen LogP contribution >= 0.6 is 11.6 Å². The van der Waals surface area contributed by atoms with Gasteiger partial charge in [-0.15, -0.1) is 0 Å². The molecule has 0 atom stereocenters. The first-order valence-electron chi connectivity index (χ1n) is 5.45. The first kappa shape index (κ1) is 11.9. The molecular weight excluding hydrogens is 242 g/mol. The summed E-state index contributed by atoms with van der Waals surface area (Å²) in [5.41, 5.74) is 2.03. The van der Waals surface area contributed by atoms with Crippen LogP contribution in [-0.4, -0.2) is 14.9 Å². The first-order chi connectivity index (χ1) is 8.13. The van der Waals surface area contributed by atoms with Gasteiger partial charge in [-0.3, -0.25) is 10.1 Å². The van der Waals surface area contributed by atoms with E-state index in [1.165, 1.54) is 6.07 Å². The summed E-state index contributed by atoms with van der Waals surface area (Å²) in [6.07, 6.45) is 2.97. The molecule has 0 fully saturated rings. The number of unbranched alkanes of at least 4 members (excludes halogenated alkanes) is 1. The van der Waals surface area contributed by atoms with Crippen LogP contribution in [0.1, 0.15) is 25.3 Å². The van der Waals surface area contributed by atoms with Crippen LogP contribution in [0.25, 0.3) is 11.0 Å². The van der Waals surface area contributed by atoms with Crippen LogP contribution in [0, 0.1) is 10.1 Å². The van der Waals surface area contributed by atoms with E-state index in [1.807, 2.05) is 0 Å². The normalized spacial score (nSPS) is 10.9. The molecule has 1 heterocycles. The highest BCUT2D eigenvalue weighted by Gasteiger charge is 2.17. The maximum atomic E-state index is 10.9. The van der Waals surface area contributed by atoms with Crippen molar-refractivity contribution in [2.75, 3.05) is 0 Å². The van der Waals surface area contributed by atoms with Crippen LogP contribution in [0.2, 0.25) is 5.28 Å². The van der Waals surface area contributed by atoms with Crippen molar-refractivity contribution >= 4 is 28.3 Å². The van der Waals surface area contributed by atoms with Gasteiger partial charge in [0, 0.05) is 6.07 Å². The fourth-order valence-corrected chi connectivity index (χ4v) is 2.01. The third kappa shape index (κ3) is 2.24. The van der Waals surface area contributed by atoms with E-state index < -0.39 is 4.92 Å². The van der Waals surface area contributed by atoms with Crippen molar-refractivity contribution in [2.24, 2.45) is 0 Å². The Bertz CT molecular complexity index is 565. The molecule has 1 aromatic carbocycles. The quantitative estimate of drug-likeness (QED) is 0.670. The third-order valence-electron chi connectivity index (χ3n) is 2.68. The van der Waals surface area contributed by atoms with Gasteiger partial charge in [0.15, 0.2) is 5.52 Å². The average Bonchev–Trinajstić information content (AvgIpc) is 2.66. The fourth-order valence-electron chi connectivity index (χ4n) is 1.83. The number of aryl methyl sites for hydroxylation is 1. The van der Waals surface area contributed by atoms with Crippen molar-refractivity contribution in [1.29, 1.82) is 0 Å². The Morgan fingerprint density at radius 1 is 1.53 bits per heavy atom. The molecule has 0 saturated carbocycles. The van der Waals surface area contributed by atoms with Gasteiger partial charge in [-0.05, 0) is 36.1 Å². The minimum Gasteiger partial charge on any atom is -0.328 e. The van der Waals surface area contributed by atoms with Gasteiger partial charge in [0.25, 0.3) is 5.69 Å². The molecule has 0 radical (unpaired) electrons. The molecule has 1 aromatic heterocycles. The number of nitrogens with zero attached hydrogens (tertiary/aromatic N) is 2. The molecular formula is C11H12ClN3O2. The summed E-state index contributed by atoms with van der Waals surface area (Å²) in [6, 6.07) is 3.26. The monoisotopic (exact) mass is 253 g/mol. The van der Waals surface area contributed by atoms with Crippen LogP contribution < -0.4 is 0 Å². The van der Waals surface area contributed by atoms with Crippen LogP contribution in [0.3, 0.4) is 0 Å². The van der Waals surface area contributed by atoms with E-state index in [1.54, 1.807) is 6.07 Å². The fraction of sp³-hybridized carbons (Fsp3) is 0.364. The second kappa shape index (κ2) is 4.71. The SMILES string of the molecule is CCCCc1ccc([N+](=O)[O-])c2nc(Cl)[nH]c12.